The molecule has 0 atom stereocenters. The zero-order chi connectivity index (χ0) is 18.6. The number of aromatic nitrogens is 2. The normalized spacial score (nSPS) is 11.5. The van der Waals surface area contributed by atoms with Crippen molar-refractivity contribution in [1.29, 1.82) is 0 Å². The Morgan fingerprint density at radius 3 is 2.72 bits per heavy atom. The van der Waals surface area contributed by atoms with Gasteiger partial charge < -0.3 is 10.4 Å². The minimum absolute atomic E-state index is 0.131. The van der Waals surface area contributed by atoms with Crippen LogP contribution in [-0.4, -0.2) is 33.1 Å². The molecule has 2 N–H and O–H groups in total. The Morgan fingerprint density at radius 1 is 1.32 bits per heavy atom. The molecule has 2 rings (SSSR count). The maximum absolute atomic E-state index is 12.4. The van der Waals surface area contributed by atoms with Gasteiger partial charge in [-0.1, -0.05) is 12.1 Å². The van der Waals surface area contributed by atoms with Gasteiger partial charge in [-0.15, -0.1) is 0 Å². The second-order valence-electron chi connectivity index (χ2n) is 6.75. The Hall–Kier alpha value is -2.70. The van der Waals surface area contributed by atoms with Crippen molar-refractivity contribution in [3.8, 4) is 0 Å². The van der Waals surface area contributed by atoms with E-state index in [-0.39, 0.29) is 31.0 Å². The summed E-state index contributed by atoms with van der Waals surface area (Å²) in [6.07, 6.45) is 1.93. The molecule has 0 radical (unpaired) electrons. The Bertz CT molecular complexity index is 855. The molecule has 2 aromatic rings. The first-order valence-corrected chi connectivity index (χ1v) is 8.17. The summed E-state index contributed by atoms with van der Waals surface area (Å²) >= 11 is 0. The zero-order valence-corrected chi connectivity index (χ0v) is 14.7. The highest BCUT2D eigenvalue weighted by molar-refractivity contribution is 5.80. The number of para-hydroxylation sites is 1. The molecule has 0 saturated heterocycles. The smallest absolute Gasteiger partial charge is 0.309 e. The van der Waals surface area contributed by atoms with Gasteiger partial charge in [0.25, 0.3) is 5.56 Å². The summed E-state index contributed by atoms with van der Waals surface area (Å²) in [5.74, 6) is -1.12. The predicted octanol–water partition coefficient (Wildman–Crippen LogP) is 1.71. The largest absolute Gasteiger partial charge is 0.481 e. The minimum Gasteiger partial charge on any atom is -0.481 e. The fourth-order valence-corrected chi connectivity index (χ4v) is 2.43. The molecule has 0 aliphatic rings. The van der Waals surface area contributed by atoms with Crippen molar-refractivity contribution in [1.82, 2.24) is 14.9 Å². The number of nitrogens with one attached hydrogen (secondary N) is 1. The van der Waals surface area contributed by atoms with Gasteiger partial charge in [-0.25, -0.2) is 4.98 Å². The first-order chi connectivity index (χ1) is 11.7. The number of benzene rings is 1. The van der Waals surface area contributed by atoms with Gasteiger partial charge in [-0.05, 0) is 38.8 Å². The maximum atomic E-state index is 12.4. The van der Waals surface area contributed by atoms with Crippen LogP contribution in [0.2, 0.25) is 0 Å². The average Bonchev–Trinajstić information content (AvgIpc) is 2.54. The molecule has 1 aromatic carbocycles. The Morgan fingerprint density at radius 2 is 2.04 bits per heavy atom. The Balaban J connectivity index is 1.94. The highest BCUT2D eigenvalue weighted by Gasteiger charge is 2.26. The lowest BCUT2D eigenvalue weighted by Crippen LogP contribution is -2.33. The Kier molecular flexibility index (Phi) is 5.56. The third-order valence-corrected chi connectivity index (χ3v) is 4.29. The third kappa shape index (κ3) is 4.43. The van der Waals surface area contributed by atoms with Gasteiger partial charge in [0.2, 0.25) is 5.91 Å². The van der Waals surface area contributed by atoms with Crippen molar-refractivity contribution >= 4 is 22.8 Å². The van der Waals surface area contributed by atoms with E-state index in [0.29, 0.717) is 17.3 Å². The van der Waals surface area contributed by atoms with Gasteiger partial charge in [0.05, 0.1) is 22.6 Å². The molecule has 7 heteroatoms. The number of carboxylic acid groups (broad SMARTS) is 1. The van der Waals surface area contributed by atoms with Crippen LogP contribution in [-0.2, 0) is 16.1 Å². The molecule has 25 heavy (non-hydrogen) atoms. The van der Waals surface area contributed by atoms with Crippen LogP contribution in [0.3, 0.4) is 0 Å². The number of fused-ring (bicyclic) bond motifs is 1. The molecule has 0 aliphatic carbocycles. The van der Waals surface area contributed by atoms with Crippen LogP contribution >= 0.6 is 0 Å². The number of carbonyl (C=O) groups excluding carboxylic acids is 1. The predicted molar refractivity (Wildman–Crippen MR) is 94.4 cm³/mol. The molecule has 134 valence electrons. The third-order valence-electron chi connectivity index (χ3n) is 4.29. The van der Waals surface area contributed by atoms with Crippen LogP contribution < -0.4 is 10.9 Å². The van der Waals surface area contributed by atoms with Crippen molar-refractivity contribution in [2.75, 3.05) is 6.54 Å². The van der Waals surface area contributed by atoms with E-state index in [9.17, 15) is 14.4 Å². The lowest BCUT2D eigenvalue weighted by Gasteiger charge is -2.18. The number of rotatable bonds is 7. The number of aryl methyl sites for hydroxylation is 2. The molecule has 0 fully saturated rings. The summed E-state index contributed by atoms with van der Waals surface area (Å²) in [6.45, 7) is 5.63. The summed E-state index contributed by atoms with van der Waals surface area (Å²) in [5, 5.41) is 12.3. The summed E-state index contributed by atoms with van der Waals surface area (Å²) in [7, 11) is 0. The molecule has 1 aromatic heterocycles. The van der Waals surface area contributed by atoms with E-state index >= 15 is 0 Å². The van der Waals surface area contributed by atoms with E-state index in [1.807, 2.05) is 19.1 Å². The van der Waals surface area contributed by atoms with Crippen molar-refractivity contribution in [2.45, 2.75) is 40.2 Å². The number of nitrogens with zero attached hydrogens (tertiary/aromatic N) is 2. The number of hydrogen-bond acceptors (Lipinski definition) is 4. The topological polar surface area (TPSA) is 101 Å². The van der Waals surface area contributed by atoms with Gasteiger partial charge in [-0.3, -0.25) is 19.0 Å². The van der Waals surface area contributed by atoms with Crippen LogP contribution in [0.25, 0.3) is 10.9 Å². The van der Waals surface area contributed by atoms with Crippen molar-refractivity contribution in [2.24, 2.45) is 5.41 Å². The standard InChI is InChI=1S/C18H23N3O4/c1-12-5-4-6-13-15(12)20-11-21(16(13)23)10-7-14(22)19-9-8-18(2,3)17(24)25/h4-6,11H,7-10H2,1-3H3,(H,19,22)(H,24,25). The number of hydrogen-bond donors (Lipinski definition) is 2. The fourth-order valence-electron chi connectivity index (χ4n) is 2.43. The van der Waals surface area contributed by atoms with Crippen LogP contribution in [0.4, 0.5) is 0 Å². The lowest BCUT2D eigenvalue weighted by atomic mass is 9.90. The summed E-state index contributed by atoms with van der Waals surface area (Å²) in [4.78, 5) is 39.7. The summed E-state index contributed by atoms with van der Waals surface area (Å²) in [6, 6.07) is 5.43. The quantitative estimate of drug-likeness (QED) is 0.795. The fraction of sp³-hybridized carbons (Fsp3) is 0.444. The van der Waals surface area contributed by atoms with Gasteiger partial charge in [0, 0.05) is 19.5 Å². The Labute approximate surface area is 145 Å². The molecule has 1 heterocycles. The van der Waals surface area contributed by atoms with Gasteiger partial charge in [-0.2, -0.15) is 0 Å². The second-order valence-corrected chi connectivity index (χ2v) is 6.75. The first-order valence-electron chi connectivity index (χ1n) is 8.17. The highest BCUT2D eigenvalue weighted by Crippen LogP contribution is 2.19. The number of aliphatic carboxylic acids is 1. The van der Waals surface area contributed by atoms with Gasteiger partial charge >= 0.3 is 5.97 Å². The van der Waals surface area contributed by atoms with Crippen LogP contribution in [0.5, 0.6) is 0 Å². The number of carboxylic acids is 1. The van der Waals surface area contributed by atoms with Crippen LogP contribution in [0.1, 0.15) is 32.3 Å². The van der Waals surface area contributed by atoms with Crippen molar-refractivity contribution in [3.63, 3.8) is 0 Å². The minimum atomic E-state index is -0.897. The van der Waals surface area contributed by atoms with Crippen molar-refractivity contribution < 1.29 is 14.7 Å². The van der Waals surface area contributed by atoms with Gasteiger partial charge in [0.1, 0.15) is 0 Å². The first kappa shape index (κ1) is 18.6. The van der Waals surface area contributed by atoms with Crippen molar-refractivity contribution in [3.05, 3.63) is 40.4 Å². The van der Waals surface area contributed by atoms with E-state index in [1.165, 1.54) is 10.9 Å². The molecule has 0 saturated carbocycles. The molecule has 7 nitrogen and oxygen atoms in total. The second kappa shape index (κ2) is 7.46. The monoisotopic (exact) mass is 345 g/mol. The van der Waals surface area contributed by atoms with Crippen LogP contribution in [0, 0.1) is 12.3 Å². The lowest BCUT2D eigenvalue weighted by molar-refractivity contribution is -0.147. The maximum Gasteiger partial charge on any atom is 0.309 e. The van der Waals surface area contributed by atoms with E-state index in [0.717, 1.165) is 5.56 Å². The van der Waals surface area contributed by atoms with E-state index in [4.69, 9.17) is 5.11 Å². The molecular weight excluding hydrogens is 322 g/mol. The number of amides is 1. The van der Waals surface area contributed by atoms with Gasteiger partial charge in [0.15, 0.2) is 0 Å². The molecule has 0 bridgehead atoms. The molecular formula is C18H23N3O4. The molecule has 0 spiro atoms. The molecule has 0 aliphatic heterocycles. The average molecular weight is 345 g/mol. The zero-order valence-electron chi connectivity index (χ0n) is 14.7. The molecule has 1 amide bonds. The summed E-state index contributed by atoms with van der Waals surface area (Å²) in [5.41, 5.74) is 0.544. The highest BCUT2D eigenvalue weighted by atomic mass is 16.4. The van der Waals surface area contributed by atoms with E-state index in [2.05, 4.69) is 10.3 Å². The van der Waals surface area contributed by atoms with E-state index < -0.39 is 11.4 Å². The SMILES string of the molecule is Cc1cccc2c(=O)n(CCC(=O)NCCC(C)(C)C(=O)O)cnc12. The summed E-state index contributed by atoms with van der Waals surface area (Å²) < 4.78 is 1.42. The molecule has 0 unspecified atom stereocenters. The van der Waals surface area contributed by atoms with Crippen LogP contribution in [0.15, 0.2) is 29.3 Å². The number of carbonyl (C=O) groups is 2. The van der Waals surface area contributed by atoms with E-state index in [1.54, 1.807) is 19.9 Å².